The molecular weight excluding hydrogens is 1080 g/mol. The number of thiophene rings is 2. The SMILES string of the molecule is c1ccc(-c2sc3cc(N(c4cccc(-c5ccncc5)c4)c4cc5c6ccccc6c(N(c6cccc(-c7ccncc7)c6)c6ccc7c(-c8ccccc8)c(-c8ccccc8)sc7c6)cc5c5ccccc45)ccc3c2-c2ccccc2)cc1. The normalized spacial score (nSPS) is 11.5. The van der Waals surface area contributed by atoms with Gasteiger partial charge in [-0.2, -0.15) is 0 Å². The van der Waals surface area contributed by atoms with Gasteiger partial charge >= 0.3 is 0 Å². The van der Waals surface area contributed by atoms with Crippen molar-refractivity contribution in [3.8, 4) is 65.4 Å². The van der Waals surface area contributed by atoms with Crippen molar-refractivity contribution < 1.29 is 0 Å². The molecule has 0 amide bonds. The Labute approximate surface area is 507 Å². The summed E-state index contributed by atoms with van der Waals surface area (Å²) < 4.78 is 2.44. The first-order valence-electron chi connectivity index (χ1n) is 29.0. The van der Waals surface area contributed by atoms with Crippen molar-refractivity contribution in [2.75, 3.05) is 9.80 Å². The van der Waals surface area contributed by atoms with E-state index in [1.165, 1.54) is 74.1 Å². The van der Waals surface area contributed by atoms with Gasteiger partial charge in [-0.15, -0.1) is 22.7 Å². The maximum atomic E-state index is 4.38. The predicted molar refractivity (Wildman–Crippen MR) is 367 cm³/mol. The summed E-state index contributed by atoms with van der Waals surface area (Å²) in [7, 11) is 0. The summed E-state index contributed by atoms with van der Waals surface area (Å²) in [6.45, 7) is 0. The topological polar surface area (TPSA) is 32.3 Å². The number of pyridine rings is 2. The van der Waals surface area contributed by atoms with E-state index < -0.39 is 0 Å². The van der Waals surface area contributed by atoms with Crippen LogP contribution in [0.25, 0.3) is 118 Å². The molecule has 0 aliphatic carbocycles. The Balaban J connectivity index is 0.938. The summed E-state index contributed by atoms with van der Waals surface area (Å²) in [5.41, 5.74) is 18.3. The molecule has 4 nitrogen and oxygen atoms in total. The number of aromatic nitrogens is 2. The van der Waals surface area contributed by atoms with Crippen LogP contribution in [0.15, 0.2) is 316 Å². The Morgan fingerprint density at radius 2 is 0.558 bits per heavy atom. The second kappa shape index (κ2) is 21.8. The molecular formula is C80H52N4S2. The summed E-state index contributed by atoms with van der Waals surface area (Å²) in [4.78, 5) is 16.3. The van der Waals surface area contributed by atoms with E-state index in [-0.39, 0.29) is 0 Å². The fraction of sp³-hybridized carbons (Fsp3) is 0. The molecule has 86 heavy (non-hydrogen) atoms. The van der Waals surface area contributed by atoms with Gasteiger partial charge < -0.3 is 9.80 Å². The molecule has 0 aliphatic heterocycles. The number of benzene rings is 12. The molecule has 0 aliphatic rings. The van der Waals surface area contributed by atoms with Crippen LogP contribution in [0.4, 0.5) is 34.1 Å². The van der Waals surface area contributed by atoms with Crippen LogP contribution in [0.2, 0.25) is 0 Å². The van der Waals surface area contributed by atoms with Crippen LogP contribution in [0.3, 0.4) is 0 Å². The number of nitrogens with zero attached hydrogens (tertiary/aromatic N) is 4. The van der Waals surface area contributed by atoms with E-state index in [2.05, 4.69) is 311 Å². The van der Waals surface area contributed by atoms with Gasteiger partial charge in [-0.25, -0.2) is 0 Å². The van der Waals surface area contributed by atoms with Gasteiger partial charge in [0.1, 0.15) is 0 Å². The molecule has 16 aromatic rings. The van der Waals surface area contributed by atoms with E-state index in [0.717, 1.165) is 77.9 Å². The van der Waals surface area contributed by atoms with E-state index in [0.29, 0.717) is 0 Å². The molecule has 0 saturated carbocycles. The number of rotatable bonds is 12. The molecule has 12 aromatic carbocycles. The predicted octanol–water partition coefficient (Wildman–Crippen LogP) is 23.3. The van der Waals surface area contributed by atoms with Gasteiger partial charge in [-0.05, 0) is 151 Å². The lowest BCUT2D eigenvalue weighted by molar-refractivity contribution is 1.30. The minimum Gasteiger partial charge on any atom is -0.310 e. The lowest BCUT2D eigenvalue weighted by atomic mass is 9.93. The average molecular weight is 1130 g/mol. The second-order valence-electron chi connectivity index (χ2n) is 21.7. The van der Waals surface area contributed by atoms with Crippen molar-refractivity contribution in [3.63, 3.8) is 0 Å². The highest BCUT2D eigenvalue weighted by Crippen LogP contribution is 2.53. The molecule has 4 aromatic heterocycles. The zero-order valence-corrected chi connectivity index (χ0v) is 48.3. The Morgan fingerprint density at radius 3 is 0.953 bits per heavy atom. The van der Waals surface area contributed by atoms with Crippen LogP contribution in [-0.4, -0.2) is 9.97 Å². The molecule has 0 fully saturated rings. The summed E-state index contributed by atoms with van der Waals surface area (Å²) >= 11 is 3.72. The molecule has 0 spiro atoms. The van der Waals surface area contributed by atoms with Gasteiger partial charge in [0, 0.05) is 99.4 Å². The van der Waals surface area contributed by atoms with Crippen LogP contribution in [-0.2, 0) is 0 Å². The van der Waals surface area contributed by atoms with Gasteiger partial charge in [0.05, 0.1) is 11.4 Å². The quantitative estimate of drug-likeness (QED) is 0.114. The van der Waals surface area contributed by atoms with Crippen molar-refractivity contribution in [1.29, 1.82) is 0 Å². The first kappa shape index (κ1) is 50.9. The Bertz CT molecular complexity index is 4840. The van der Waals surface area contributed by atoms with Crippen LogP contribution >= 0.6 is 22.7 Å². The smallest absolute Gasteiger partial charge is 0.0546 e. The average Bonchev–Trinajstić information content (AvgIpc) is 1.43. The molecule has 0 atom stereocenters. The first-order valence-corrected chi connectivity index (χ1v) is 30.6. The molecule has 0 unspecified atom stereocenters. The molecule has 0 radical (unpaired) electrons. The highest BCUT2D eigenvalue weighted by molar-refractivity contribution is 7.23. The highest BCUT2D eigenvalue weighted by Gasteiger charge is 2.26. The first-order chi connectivity index (χ1) is 42.7. The fourth-order valence-corrected chi connectivity index (χ4v) is 15.2. The highest BCUT2D eigenvalue weighted by atomic mass is 32.1. The number of hydrogen-bond acceptors (Lipinski definition) is 6. The summed E-state index contributed by atoms with van der Waals surface area (Å²) in [5, 5.41) is 9.42. The minimum absolute atomic E-state index is 1.06. The van der Waals surface area contributed by atoms with Gasteiger partial charge in [-0.1, -0.05) is 206 Å². The maximum Gasteiger partial charge on any atom is 0.0546 e. The van der Waals surface area contributed by atoms with Crippen molar-refractivity contribution in [2.24, 2.45) is 0 Å². The van der Waals surface area contributed by atoms with Gasteiger partial charge in [0.15, 0.2) is 0 Å². The third kappa shape index (κ3) is 9.07. The van der Waals surface area contributed by atoms with Crippen molar-refractivity contribution in [2.45, 2.75) is 0 Å². The summed E-state index contributed by atoms with van der Waals surface area (Å²) in [5.74, 6) is 0. The minimum atomic E-state index is 1.06. The number of hydrogen-bond donors (Lipinski definition) is 0. The molecule has 0 N–H and O–H groups in total. The third-order valence-corrected chi connectivity index (χ3v) is 19.0. The van der Waals surface area contributed by atoms with E-state index in [1.54, 1.807) is 0 Å². The van der Waals surface area contributed by atoms with Crippen molar-refractivity contribution in [3.05, 3.63) is 316 Å². The van der Waals surface area contributed by atoms with Crippen LogP contribution in [0.5, 0.6) is 0 Å². The second-order valence-corrected chi connectivity index (χ2v) is 23.8. The molecule has 0 saturated heterocycles. The lowest BCUT2D eigenvalue weighted by Crippen LogP contribution is -2.12. The van der Waals surface area contributed by atoms with Gasteiger partial charge in [0.2, 0.25) is 0 Å². The Hall–Kier alpha value is -10.8. The maximum absolute atomic E-state index is 4.38. The Morgan fingerprint density at radius 1 is 0.221 bits per heavy atom. The standard InChI is InChI=1S/C80H52N4S2/c1-5-19-55(20-6-1)77-69-37-35-63(49-75(69)85-79(77)57-23-9-3-10-24-57)83(61-29-17-27-59(47-61)53-39-43-81-44-40-53)73-51-71-66-32-14-16-34-68(66)74(52-72(71)65-31-13-15-33-67(65)73)84(62-30-18-28-60(48-62)54-41-45-82-46-42-54)64-36-38-70-76(50-64)86-80(58-25-11-4-12-26-58)78(70)56-21-7-2-8-22-56/h1-52H. The molecule has 404 valence electrons. The van der Waals surface area contributed by atoms with Gasteiger partial charge in [-0.3, -0.25) is 9.97 Å². The van der Waals surface area contributed by atoms with Crippen molar-refractivity contribution >= 4 is 109 Å². The van der Waals surface area contributed by atoms with Crippen LogP contribution in [0.1, 0.15) is 0 Å². The zero-order valence-electron chi connectivity index (χ0n) is 46.6. The van der Waals surface area contributed by atoms with Gasteiger partial charge in [0.25, 0.3) is 0 Å². The molecule has 16 rings (SSSR count). The van der Waals surface area contributed by atoms with Crippen LogP contribution < -0.4 is 9.80 Å². The largest absolute Gasteiger partial charge is 0.310 e. The van der Waals surface area contributed by atoms with Crippen molar-refractivity contribution in [1.82, 2.24) is 9.97 Å². The molecule has 4 heterocycles. The Kier molecular flexibility index (Phi) is 12.9. The summed E-state index contributed by atoms with van der Waals surface area (Å²) in [6.07, 6.45) is 7.49. The van der Waals surface area contributed by atoms with E-state index in [4.69, 9.17) is 0 Å². The van der Waals surface area contributed by atoms with Crippen LogP contribution in [0, 0.1) is 0 Å². The van der Waals surface area contributed by atoms with E-state index in [9.17, 15) is 0 Å². The zero-order chi connectivity index (χ0) is 56.9. The fourth-order valence-electron chi connectivity index (χ4n) is 12.7. The monoisotopic (exact) mass is 1130 g/mol. The molecule has 0 bridgehead atoms. The third-order valence-electron chi connectivity index (χ3n) is 16.6. The number of anilines is 6. The lowest BCUT2D eigenvalue weighted by Gasteiger charge is -2.30. The van der Waals surface area contributed by atoms with E-state index in [1.807, 2.05) is 47.5 Å². The van der Waals surface area contributed by atoms with E-state index >= 15 is 0 Å². The molecule has 6 heteroatoms. The number of fused-ring (bicyclic) bond motifs is 7. The summed E-state index contributed by atoms with van der Waals surface area (Å²) in [6, 6.07) is 107.